The van der Waals surface area contributed by atoms with E-state index in [1.54, 1.807) is 36.4 Å². The fourth-order valence-electron chi connectivity index (χ4n) is 3.52. The van der Waals surface area contributed by atoms with Crippen molar-refractivity contribution in [1.29, 1.82) is 0 Å². The van der Waals surface area contributed by atoms with E-state index in [1.165, 1.54) is 6.07 Å². The Labute approximate surface area is 164 Å². The number of rotatable bonds is 6. The summed E-state index contributed by atoms with van der Waals surface area (Å²) < 4.78 is 13.4. The molecule has 0 saturated carbocycles. The molecule has 0 aromatic heterocycles. The molecule has 1 aliphatic rings. The van der Waals surface area contributed by atoms with Crippen LogP contribution in [0.3, 0.4) is 0 Å². The Bertz CT molecular complexity index is 823. The van der Waals surface area contributed by atoms with Crippen LogP contribution >= 0.6 is 0 Å². The van der Waals surface area contributed by atoms with E-state index in [2.05, 4.69) is 15.5 Å². The average molecular weight is 383 g/mol. The first-order chi connectivity index (χ1) is 13.5. The minimum Gasteiger partial charge on any atom is -0.352 e. The normalized spacial score (nSPS) is 17.1. The van der Waals surface area contributed by atoms with E-state index >= 15 is 0 Å². The van der Waals surface area contributed by atoms with Crippen molar-refractivity contribution in [2.45, 2.75) is 26.3 Å². The molecule has 148 valence electrons. The van der Waals surface area contributed by atoms with Crippen molar-refractivity contribution in [3.8, 4) is 0 Å². The number of piperidine rings is 1. The van der Waals surface area contributed by atoms with Crippen molar-refractivity contribution in [1.82, 2.24) is 10.2 Å². The van der Waals surface area contributed by atoms with Crippen molar-refractivity contribution in [2.75, 3.05) is 25.0 Å². The fourth-order valence-corrected chi connectivity index (χ4v) is 3.52. The average Bonchev–Trinajstić information content (AvgIpc) is 2.69. The van der Waals surface area contributed by atoms with Gasteiger partial charge in [0.15, 0.2) is 0 Å². The molecule has 2 amide bonds. The molecule has 1 saturated heterocycles. The van der Waals surface area contributed by atoms with Crippen molar-refractivity contribution in [3.63, 3.8) is 0 Å². The van der Waals surface area contributed by atoms with Gasteiger partial charge in [-0.2, -0.15) is 0 Å². The van der Waals surface area contributed by atoms with Gasteiger partial charge in [0.25, 0.3) is 5.91 Å². The lowest BCUT2D eigenvalue weighted by atomic mass is 9.96. The van der Waals surface area contributed by atoms with Gasteiger partial charge in [-0.15, -0.1) is 0 Å². The van der Waals surface area contributed by atoms with Crippen LogP contribution in [0, 0.1) is 11.7 Å². The Hall–Kier alpha value is -2.73. The molecule has 1 fully saturated rings. The zero-order chi connectivity index (χ0) is 19.9. The lowest BCUT2D eigenvalue weighted by Gasteiger charge is -2.32. The number of benzene rings is 2. The molecule has 0 spiro atoms. The first kappa shape index (κ1) is 20.0. The van der Waals surface area contributed by atoms with E-state index in [9.17, 15) is 14.0 Å². The quantitative estimate of drug-likeness (QED) is 0.803. The van der Waals surface area contributed by atoms with Crippen molar-refractivity contribution < 1.29 is 14.0 Å². The highest BCUT2D eigenvalue weighted by atomic mass is 19.1. The molecule has 6 heteroatoms. The monoisotopic (exact) mass is 383 g/mol. The highest BCUT2D eigenvalue weighted by Crippen LogP contribution is 2.21. The van der Waals surface area contributed by atoms with Gasteiger partial charge in [0.2, 0.25) is 5.91 Å². The summed E-state index contributed by atoms with van der Waals surface area (Å²) in [6.45, 7) is 4.64. The van der Waals surface area contributed by atoms with Crippen molar-refractivity contribution in [3.05, 3.63) is 65.5 Å². The SMILES string of the molecule is CCNC(=O)c1ccc(NC(=O)C2CCCN(Cc3cccc(F)c3)C2)cc1. The number of hydrogen-bond donors (Lipinski definition) is 2. The molecule has 3 rings (SSSR count). The fraction of sp³-hybridized carbons (Fsp3) is 0.364. The first-order valence-corrected chi connectivity index (χ1v) is 9.71. The summed E-state index contributed by atoms with van der Waals surface area (Å²) in [6, 6.07) is 13.5. The molecule has 0 aliphatic carbocycles. The van der Waals surface area contributed by atoms with E-state index in [4.69, 9.17) is 0 Å². The number of amides is 2. The third-order valence-electron chi connectivity index (χ3n) is 4.92. The van der Waals surface area contributed by atoms with E-state index in [0.29, 0.717) is 30.9 Å². The molecule has 1 atom stereocenters. The maximum Gasteiger partial charge on any atom is 0.251 e. The highest BCUT2D eigenvalue weighted by molar-refractivity contribution is 5.96. The second kappa shape index (κ2) is 9.46. The van der Waals surface area contributed by atoms with Crippen molar-refractivity contribution >= 4 is 17.5 Å². The zero-order valence-electron chi connectivity index (χ0n) is 16.1. The summed E-state index contributed by atoms with van der Waals surface area (Å²) in [5, 5.41) is 5.69. The number of likely N-dealkylation sites (tertiary alicyclic amines) is 1. The maximum absolute atomic E-state index is 13.4. The van der Waals surface area contributed by atoms with E-state index in [0.717, 1.165) is 24.9 Å². The van der Waals surface area contributed by atoms with Gasteiger partial charge in [0.1, 0.15) is 5.82 Å². The Balaban J connectivity index is 1.55. The number of hydrogen-bond acceptors (Lipinski definition) is 3. The molecule has 0 radical (unpaired) electrons. The van der Waals surface area contributed by atoms with Gasteiger partial charge in [-0.1, -0.05) is 12.1 Å². The van der Waals surface area contributed by atoms with Gasteiger partial charge >= 0.3 is 0 Å². The predicted octanol–water partition coefficient (Wildman–Crippen LogP) is 3.43. The largest absolute Gasteiger partial charge is 0.352 e. The van der Waals surface area contributed by atoms with Gasteiger partial charge in [0, 0.05) is 30.9 Å². The standard InChI is InChI=1S/C22H26FN3O2/c1-2-24-21(27)17-8-10-20(11-9-17)25-22(28)18-6-4-12-26(15-18)14-16-5-3-7-19(23)13-16/h3,5,7-11,13,18H,2,4,6,12,14-15H2,1H3,(H,24,27)(H,25,28). The molecule has 0 bridgehead atoms. The minimum atomic E-state index is -0.236. The van der Waals surface area contributed by atoms with Crippen LogP contribution < -0.4 is 10.6 Å². The smallest absolute Gasteiger partial charge is 0.251 e. The number of carbonyl (C=O) groups is 2. The highest BCUT2D eigenvalue weighted by Gasteiger charge is 2.26. The van der Waals surface area contributed by atoms with Crippen LogP contribution in [-0.4, -0.2) is 36.3 Å². The van der Waals surface area contributed by atoms with Gasteiger partial charge in [0.05, 0.1) is 5.92 Å². The van der Waals surface area contributed by atoms with Gasteiger partial charge in [-0.05, 0) is 68.3 Å². The molecular weight excluding hydrogens is 357 g/mol. The number of nitrogens with one attached hydrogen (secondary N) is 2. The second-order valence-electron chi connectivity index (χ2n) is 7.13. The van der Waals surface area contributed by atoms with E-state index in [-0.39, 0.29) is 23.5 Å². The van der Waals surface area contributed by atoms with Crippen LogP contribution in [0.4, 0.5) is 10.1 Å². The third kappa shape index (κ3) is 5.39. The molecular formula is C22H26FN3O2. The third-order valence-corrected chi connectivity index (χ3v) is 4.92. The van der Waals surface area contributed by atoms with Crippen LogP contribution in [-0.2, 0) is 11.3 Å². The Morgan fingerprint density at radius 1 is 1.18 bits per heavy atom. The summed E-state index contributed by atoms with van der Waals surface area (Å²) in [6.07, 6.45) is 1.77. The number of nitrogens with zero attached hydrogens (tertiary/aromatic N) is 1. The maximum atomic E-state index is 13.4. The summed E-state index contributed by atoms with van der Waals surface area (Å²) in [4.78, 5) is 26.7. The molecule has 2 N–H and O–H groups in total. The first-order valence-electron chi connectivity index (χ1n) is 9.71. The summed E-state index contributed by atoms with van der Waals surface area (Å²) in [5.41, 5.74) is 2.17. The number of halogens is 1. The summed E-state index contributed by atoms with van der Waals surface area (Å²) in [5.74, 6) is -0.486. The predicted molar refractivity (Wildman–Crippen MR) is 107 cm³/mol. The van der Waals surface area contributed by atoms with E-state index < -0.39 is 0 Å². The summed E-state index contributed by atoms with van der Waals surface area (Å²) >= 11 is 0. The molecule has 2 aromatic carbocycles. The Kier molecular flexibility index (Phi) is 6.76. The van der Waals surface area contributed by atoms with Crippen LogP contribution in [0.5, 0.6) is 0 Å². The second-order valence-corrected chi connectivity index (χ2v) is 7.13. The van der Waals surface area contributed by atoms with Gasteiger partial charge < -0.3 is 10.6 Å². The number of anilines is 1. The van der Waals surface area contributed by atoms with Crippen molar-refractivity contribution in [2.24, 2.45) is 5.92 Å². The van der Waals surface area contributed by atoms with Crippen LogP contribution in [0.25, 0.3) is 0 Å². The molecule has 1 unspecified atom stereocenters. The molecule has 2 aromatic rings. The molecule has 5 nitrogen and oxygen atoms in total. The van der Waals surface area contributed by atoms with Crippen LogP contribution in [0.1, 0.15) is 35.7 Å². The number of carbonyl (C=O) groups excluding carboxylic acids is 2. The summed E-state index contributed by atoms with van der Waals surface area (Å²) in [7, 11) is 0. The van der Waals surface area contributed by atoms with Crippen LogP contribution in [0.15, 0.2) is 48.5 Å². The lowest BCUT2D eigenvalue weighted by molar-refractivity contribution is -0.121. The van der Waals surface area contributed by atoms with E-state index in [1.807, 2.05) is 13.0 Å². The molecule has 1 aliphatic heterocycles. The Morgan fingerprint density at radius 2 is 1.96 bits per heavy atom. The molecule has 28 heavy (non-hydrogen) atoms. The van der Waals surface area contributed by atoms with Gasteiger partial charge in [-0.3, -0.25) is 14.5 Å². The van der Waals surface area contributed by atoms with Crippen LogP contribution in [0.2, 0.25) is 0 Å². The molecule has 1 heterocycles. The topological polar surface area (TPSA) is 61.4 Å². The van der Waals surface area contributed by atoms with Gasteiger partial charge in [-0.25, -0.2) is 4.39 Å². The minimum absolute atomic E-state index is 0.0188. The zero-order valence-corrected chi connectivity index (χ0v) is 16.1. The lowest BCUT2D eigenvalue weighted by Crippen LogP contribution is -2.40. The Morgan fingerprint density at radius 3 is 2.68 bits per heavy atom.